The molecule has 0 bridgehead atoms. The molecule has 10 heteroatoms. The van der Waals surface area contributed by atoms with Gasteiger partial charge in [-0.25, -0.2) is 0 Å². The van der Waals surface area contributed by atoms with E-state index in [4.69, 9.17) is 47.4 Å². The molecule has 1 aromatic carbocycles. The van der Waals surface area contributed by atoms with Crippen LogP contribution in [0.1, 0.15) is 54.9 Å². The van der Waals surface area contributed by atoms with E-state index in [-0.39, 0.29) is 31.7 Å². The molecule has 0 spiro atoms. The highest BCUT2D eigenvalue weighted by atomic mass is 16.6. The second kappa shape index (κ2) is 18.6. The number of hydrogen-bond donors (Lipinski definition) is 0. The molecule has 6 aliphatic rings. The van der Waals surface area contributed by atoms with Crippen LogP contribution in [0.25, 0.3) is 0 Å². The normalized spacial score (nSPS) is 32.8. The molecule has 6 fully saturated rings. The monoisotopic (exact) mass is 614 g/mol. The average Bonchev–Trinajstić information content (AvgIpc) is 3.75. The first kappa shape index (κ1) is 37.8. The molecule has 7 rings (SSSR count). The third kappa shape index (κ3) is 18.9. The summed E-state index contributed by atoms with van der Waals surface area (Å²) in [6.07, 6.45) is 4.48. The average molecular weight is 615 g/mol. The Morgan fingerprint density at radius 2 is 1.16 bits per heavy atom. The second-order valence-electron chi connectivity index (χ2n) is 12.2. The van der Waals surface area contributed by atoms with Gasteiger partial charge in [0, 0.05) is 26.7 Å². The SMILES string of the molecule is C.C.CC1(CC2CO2)CO1.CC1(COCCCCOCC2CO2)CO1.COCC1(C)CO1.c1ccc(OCC2CO2)cc1. The lowest BCUT2D eigenvalue weighted by Gasteiger charge is -2.06. The molecule has 0 radical (unpaired) electrons. The highest BCUT2D eigenvalue weighted by molar-refractivity contribution is 5.20. The van der Waals surface area contributed by atoms with Gasteiger partial charge in [0.15, 0.2) is 0 Å². The molecule has 250 valence electrons. The third-order valence-electron chi connectivity index (χ3n) is 6.95. The fraction of sp³-hybridized carbons (Fsp3) is 0.818. The molecule has 0 aromatic heterocycles. The first-order chi connectivity index (χ1) is 19.8. The Hall–Kier alpha value is -1.34. The van der Waals surface area contributed by atoms with E-state index in [9.17, 15) is 0 Å². The van der Waals surface area contributed by atoms with Crippen molar-refractivity contribution in [1.82, 2.24) is 0 Å². The zero-order valence-corrected chi connectivity index (χ0v) is 25.3. The van der Waals surface area contributed by atoms with Crippen LogP contribution in [-0.4, -0.2) is 122 Å². The van der Waals surface area contributed by atoms with Crippen LogP contribution in [0, 0.1) is 0 Å². The molecule has 0 N–H and O–H groups in total. The second-order valence-corrected chi connectivity index (χ2v) is 12.2. The molecule has 0 aliphatic carbocycles. The number of para-hydroxylation sites is 1. The minimum Gasteiger partial charge on any atom is -0.491 e. The van der Waals surface area contributed by atoms with Gasteiger partial charge in [0.1, 0.15) is 35.8 Å². The summed E-state index contributed by atoms with van der Waals surface area (Å²) in [4.78, 5) is 0. The molecular formula is C33H58O10. The minimum atomic E-state index is 0. The van der Waals surface area contributed by atoms with Crippen molar-refractivity contribution in [3.63, 3.8) is 0 Å². The molecule has 6 saturated heterocycles. The maximum Gasteiger partial charge on any atom is 0.119 e. The fourth-order valence-electron chi connectivity index (χ4n) is 3.57. The van der Waals surface area contributed by atoms with Crippen LogP contribution in [-0.2, 0) is 42.6 Å². The molecule has 0 amide bonds. The van der Waals surface area contributed by atoms with E-state index in [1.54, 1.807) is 7.11 Å². The molecular weight excluding hydrogens is 556 g/mol. The van der Waals surface area contributed by atoms with E-state index in [0.717, 1.165) is 97.7 Å². The highest BCUT2D eigenvalue weighted by Gasteiger charge is 2.44. The van der Waals surface area contributed by atoms with E-state index >= 15 is 0 Å². The summed E-state index contributed by atoms with van der Waals surface area (Å²) in [7, 11) is 1.69. The van der Waals surface area contributed by atoms with Crippen LogP contribution >= 0.6 is 0 Å². The lowest BCUT2D eigenvalue weighted by atomic mass is 10.1. The molecule has 0 saturated carbocycles. The van der Waals surface area contributed by atoms with Gasteiger partial charge in [0.05, 0.1) is 71.2 Å². The topological polar surface area (TPSA) is 112 Å². The highest BCUT2D eigenvalue weighted by Crippen LogP contribution is 2.35. The Labute approximate surface area is 259 Å². The zero-order valence-electron chi connectivity index (χ0n) is 25.3. The van der Waals surface area contributed by atoms with Gasteiger partial charge in [-0.2, -0.15) is 0 Å². The number of ether oxygens (including phenoxy) is 10. The van der Waals surface area contributed by atoms with Gasteiger partial charge >= 0.3 is 0 Å². The van der Waals surface area contributed by atoms with Gasteiger partial charge in [-0.3, -0.25) is 0 Å². The Bertz CT molecular complexity index is 844. The summed E-state index contributed by atoms with van der Waals surface area (Å²) < 4.78 is 51.6. The summed E-state index contributed by atoms with van der Waals surface area (Å²) in [5, 5.41) is 0. The quantitative estimate of drug-likeness (QED) is 0.192. The van der Waals surface area contributed by atoms with Crippen LogP contribution in [0.15, 0.2) is 30.3 Å². The van der Waals surface area contributed by atoms with E-state index in [2.05, 4.69) is 13.8 Å². The van der Waals surface area contributed by atoms with Crippen molar-refractivity contribution >= 4 is 0 Å². The van der Waals surface area contributed by atoms with Crippen molar-refractivity contribution in [2.24, 2.45) is 0 Å². The van der Waals surface area contributed by atoms with Crippen molar-refractivity contribution in [2.45, 2.75) is 90.0 Å². The minimum absolute atomic E-state index is 0. The fourth-order valence-corrected chi connectivity index (χ4v) is 3.57. The summed E-state index contributed by atoms with van der Waals surface area (Å²) in [6, 6.07) is 9.79. The largest absolute Gasteiger partial charge is 0.491 e. The predicted molar refractivity (Wildman–Crippen MR) is 165 cm³/mol. The maximum absolute atomic E-state index is 5.50. The van der Waals surface area contributed by atoms with E-state index in [0.29, 0.717) is 24.9 Å². The molecule has 6 aliphatic heterocycles. The smallest absolute Gasteiger partial charge is 0.119 e. The van der Waals surface area contributed by atoms with E-state index < -0.39 is 0 Å². The van der Waals surface area contributed by atoms with Crippen molar-refractivity contribution < 1.29 is 47.4 Å². The van der Waals surface area contributed by atoms with Gasteiger partial charge in [-0.1, -0.05) is 33.1 Å². The first-order valence-corrected chi connectivity index (χ1v) is 14.9. The van der Waals surface area contributed by atoms with Crippen molar-refractivity contribution in [3.05, 3.63) is 30.3 Å². The summed E-state index contributed by atoms with van der Waals surface area (Å²) in [5.41, 5.74) is 0.315. The number of methoxy groups -OCH3 is 1. The summed E-state index contributed by atoms with van der Waals surface area (Å²) in [5.74, 6) is 0.919. The Kier molecular flexibility index (Phi) is 16.4. The van der Waals surface area contributed by atoms with Crippen LogP contribution in [0.5, 0.6) is 5.75 Å². The molecule has 6 atom stereocenters. The first-order valence-electron chi connectivity index (χ1n) is 14.9. The standard InChI is InChI=1S/C11H20O4.C9H10O2.C6H10O2.C5H10O2.2CH4/c1-11(9-15-11)8-13-5-3-2-4-12-6-10-7-14-10;1-2-4-8(5-3-1)10-6-9-7-11-9;1-6(4-8-6)2-5-3-7-5;1-5(3-6-2)4-7-5;;/h10H,2-9H2,1H3;1-5,9H,6-7H2;5H,2-4H2,1H3;3-4H2,1-2H3;2*1H4. The Morgan fingerprint density at radius 1 is 0.674 bits per heavy atom. The van der Waals surface area contributed by atoms with Gasteiger partial charge < -0.3 is 47.4 Å². The number of epoxide rings is 6. The number of benzene rings is 1. The van der Waals surface area contributed by atoms with Gasteiger partial charge in [0.25, 0.3) is 0 Å². The molecule has 10 nitrogen and oxygen atoms in total. The van der Waals surface area contributed by atoms with Crippen LogP contribution in [0.4, 0.5) is 0 Å². The van der Waals surface area contributed by atoms with Gasteiger partial charge in [-0.05, 0) is 45.7 Å². The van der Waals surface area contributed by atoms with Crippen LogP contribution in [0.3, 0.4) is 0 Å². The molecule has 43 heavy (non-hydrogen) atoms. The number of unbranched alkanes of at least 4 members (excludes halogenated alkanes) is 1. The van der Waals surface area contributed by atoms with Crippen LogP contribution < -0.4 is 4.74 Å². The Morgan fingerprint density at radius 3 is 1.63 bits per heavy atom. The lowest BCUT2D eigenvalue weighted by molar-refractivity contribution is 0.0711. The number of rotatable bonds is 16. The molecule has 6 unspecified atom stereocenters. The molecule has 1 aromatic rings. The van der Waals surface area contributed by atoms with Crippen molar-refractivity contribution in [2.75, 3.05) is 86.4 Å². The Balaban J connectivity index is 0.000000205. The van der Waals surface area contributed by atoms with Gasteiger partial charge in [0.2, 0.25) is 0 Å². The summed E-state index contributed by atoms with van der Waals surface area (Å²) in [6.45, 7) is 16.1. The maximum atomic E-state index is 5.50. The van der Waals surface area contributed by atoms with Crippen molar-refractivity contribution in [1.29, 1.82) is 0 Å². The van der Waals surface area contributed by atoms with E-state index in [1.807, 2.05) is 37.3 Å². The predicted octanol–water partition coefficient (Wildman–Crippen LogP) is 4.71. The third-order valence-corrected chi connectivity index (χ3v) is 6.95. The van der Waals surface area contributed by atoms with Crippen LogP contribution in [0.2, 0.25) is 0 Å². The number of hydrogen-bond acceptors (Lipinski definition) is 10. The lowest BCUT2D eigenvalue weighted by Crippen LogP contribution is -2.15. The van der Waals surface area contributed by atoms with E-state index in [1.165, 1.54) is 0 Å². The zero-order chi connectivity index (χ0) is 29.0. The summed E-state index contributed by atoms with van der Waals surface area (Å²) >= 11 is 0. The van der Waals surface area contributed by atoms with Gasteiger partial charge in [-0.15, -0.1) is 0 Å². The van der Waals surface area contributed by atoms with Crippen molar-refractivity contribution in [3.8, 4) is 5.75 Å². The molecule has 6 heterocycles.